The Bertz CT molecular complexity index is 846. The summed E-state index contributed by atoms with van der Waals surface area (Å²) < 4.78 is 40.4. The van der Waals surface area contributed by atoms with Crippen LogP contribution in [0.25, 0.3) is 11.1 Å². The molecule has 0 aliphatic heterocycles. The lowest BCUT2D eigenvalue weighted by Crippen LogP contribution is -2.17. The van der Waals surface area contributed by atoms with E-state index in [9.17, 15) is 27.9 Å². The van der Waals surface area contributed by atoms with Crippen LogP contribution in [-0.2, 0) is 4.79 Å². The van der Waals surface area contributed by atoms with Crippen LogP contribution >= 0.6 is 0 Å². The van der Waals surface area contributed by atoms with Crippen molar-refractivity contribution in [3.8, 4) is 16.9 Å². The van der Waals surface area contributed by atoms with E-state index in [4.69, 9.17) is 0 Å². The number of hydrogen-bond donors (Lipinski definition) is 2. The zero-order valence-electron chi connectivity index (χ0n) is 13.2. The number of nitrogens with one attached hydrogen (secondary N) is 1. The van der Waals surface area contributed by atoms with Crippen LogP contribution in [0.4, 0.5) is 19.0 Å². The lowest BCUT2D eigenvalue weighted by molar-refractivity contribution is -0.274. The number of carbonyl (C=O) groups is 2. The van der Waals surface area contributed by atoms with Crippen molar-refractivity contribution in [3.63, 3.8) is 0 Å². The smallest absolute Gasteiger partial charge is 0.477 e. The van der Waals surface area contributed by atoms with E-state index >= 15 is 0 Å². The van der Waals surface area contributed by atoms with Gasteiger partial charge in [-0.05, 0) is 48.2 Å². The van der Waals surface area contributed by atoms with Crippen molar-refractivity contribution in [1.82, 2.24) is 4.98 Å². The summed E-state index contributed by atoms with van der Waals surface area (Å²) in [6.45, 7) is 0. The number of aromatic nitrogens is 1. The number of ether oxygens (including phenoxy) is 1. The van der Waals surface area contributed by atoms with Crippen molar-refractivity contribution in [2.75, 3.05) is 5.32 Å². The first-order chi connectivity index (χ1) is 12.2. The molecule has 9 heteroatoms. The topological polar surface area (TPSA) is 88.5 Å². The molecule has 0 radical (unpaired) electrons. The predicted octanol–water partition coefficient (Wildman–Crippen LogP) is 3.69. The molecular formula is C17H13F3N2O4. The van der Waals surface area contributed by atoms with E-state index in [2.05, 4.69) is 15.0 Å². The van der Waals surface area contributed by atoms with Crippen LogP contribution in [-0.4, -0.2) is 28.3 Å². The highest BCUT2D eigenvalue weighted by atomic mass is 19.4. The Morgan fingerprint density at radius 2 is 1.77 bits per heavy atom. The Balaban J connectivity index is 1.89. The summed E-state index contributed by atoms with van der Waals surface area (Å²) in [6.07, 6.45) is -3.25. The van der Waals surface area contributed by atoms with Crippen LogP contribution in [0.2, 0.25) is 0 Å². The largest absolute Gasteiger partial charge is 0.573 e. The molecule has 1 aliphatic rings. The number of aromatic carboxylic acids is 1. The number of benzene rings is 1. The van der Waals surface area contributed by atoms with Gasteiger partial charge in [0.05, 0.1) is 0 Å². The third-order valence-electron chi connectivity index (χ3n) is 3.67. The molecule has 0 spiro atoms. The molecule has 2 N–H and O–H groups in total. The number of anilines is 1. The zero-order chi connectivity index (χ0) is 18.9. The first kappa shape index (κ1) is 17.7. The van der Waals surface area contributed by atoms with Gasteiger partial charge in [0.2, 0.25) is 5.91 Å². The number of amides is 1. The fourth-order valence-corrected chi connectivity index (χ4v) is 2.29. The van der Waals surface area contributed by atoms with Crippen molar-refractivity contribution >= 4 is 17.7 Å². The molecule has 1 aromatic carbocycles. The lowest BCUT2D eigenvalue weighted by atomic mass is 10.1. The molecule has 0 unspecified atom stereocenters. The van der Waals surface area contributed by atoms with E-state index < -0.39 is 18.1 Å². The van der Waals surface area contributed by atoms with E-state index in [1.807, 2.05) is 0 Å². The summed E-state index contributed by atoms with van der Waals surface area (Å²) >= 11 is 0. The highest BCUT2D eigenvalue weighted by molar-refractivity contribution is 5.95. The Morgan fingerprint density at radius 3 is 2.31 bits per heavy atom. The van der Waals surface area contributed by atoms with Crippen LogP contribution in [0, 0.1) is 5.92 Å². The van der Waals surface area contributed by atoms with Crippen LogP contribution in [0.3, 0.4) is 0 Å². The Labute approximate surface area is 145 Å². The number of alkyl halides is 3. The summed E-state index contributed by atoms with van der Waals surface area (Å²) in [6, 6.07) is 7.68. The van der Waals surface area contributed by atoms with Crippen molar-refractivity contribution in [2.24, 2.45) is 5.92 Å². The molecule has 0 atom stereocenters. The van der Waals surface area contributed by atoms with E-state index in [-0.39, 0.29) is 23.3 Å². The molecule has 6 nitrogen and oxygen atoms in total. The second kappa shape index (κ2) is 6.66. The third kappa shape index (κ3) is 4.50. The standard InChI is InChI=1S/C17H13F3N2O4/c18-17(19,20)26-12-5-3-9(4-6-12)11-7-13(16(24)25)21-14(8-11)22-15(23)10-1-2-10/h3-8,10H,1-2H2,(H,24,25)(H,21,22,23). The molecule has 0 bridgehead atoms. The highest BCUT2D eigenvalue weighted by Crippen LogP contribution is 2.31. The molecular weight excluding hydrogens is 353 g/mol. The first-order valence-electron chi connectivity index (χ1n) is 7.64. The summed E-state index contributed by atoms with van der Waals surface area (Å²) in [5.41, 5.74) is 0.553. The van der Waals surface area contributed by atoms with Gasteiger partial charge in [0.15, 0.2) is 5.69 Å². The average molecular weight is 366 g/mol. The number of carboxylic acid groups (broad SMARTS) is 1. The minimum absolute atomic E-state index is 0.0763. The second-order valence-corrected chi connectivity index (χ2v) is 5.77. The number of hydrogen-bond acceptors (Lipinski definition) is 4. The van der Waals surface area contributed by atoms with Crippen molar-refractivity contribution in [2.45, 2.75) is 19.2 Å². The maximum Gasteiger partial charge on any atom is 0.573 e. The minimum atomic E-state index is -4.80. The van der Waals surface area contributed by atoms with Gasteiger partial charge in [-0.15, -0.1) is 13.2 Å². The molecule has 0 saturated heterocycles. The van der Waals surface area contributed by atoms with Gasteiger partial charge in [-0.25, -0.2) is 9.78 Å². The van der Waals surface area contributed by atoms with Gasteiger partial charge in [0.25, 0.3) is 0 Å². The molecule has 1 saturated carbocycles. The molecule has 136 valence electrons. The maximum atomic E-state index is 12.2. The van der Waals surface area contributed by atoms with Crippen LogP contribution < -0.4 is 10.1 Å². The van der Waals surface area contributed by atoms with Gasteiger partial charge >= 0.3 is 12.3 Å². The fraction of sp³-hybridized carbons (Fsp3) is 0.235. The average Bonchev–Trinajstić information content (AvgIpc) is 3.38. The molecule has 26 heavy (non-hydrogen) atoms. The van der Waals surface area contributed by atoms with Gasteiger partial charge in [-0.2, -0.15) is 0 Å². The molecule has 2 aromatic rings. The van der Waals surface area contributed by atoms with Crippen LogP contribution in [0.15, 0.2) is 36.4 Å². The molecule has 3 rings (SSSR count). The summed E-state index contributed by atoms with van der Waals surface area (Å²) in [4.78, 5) is 27.0. The van der Waals surface area contributed by atoms with Gasteiger partial charge in [-0.3, -0.25) is 4.79 Å². The fourth-order valence-electron chi connectivity index (χ4n) is 2.29. The zero-order valence-corrected chi connectivity index (χ0v) is 13.2. The molecule has 1 amide bonds. The summed E-state index contributed by atoms with van der Waals surface area (Å²) in [5, 5.41) is 11.8. The maximum absolute atomic E-state index is 12.2. The second-order valence-electron chi connectivity index (χ2n) is 5.77. The lowest BCUT2D eigenvalue weighted by Gasteiger charge is -2.11. The number of halogens is 3. The van der Waals surface area contributed by atoms with Crippen LogP contribution in [0.5, 0.6) is 5.75 Å². The van der Waals surface area contributed by atoms with Gasteiger partial charge in [0.1, 0.15) is 11.6 Å². The van der Waals surface area contributed by atoms with Gasteiger partial charge in [0, 0.05) is 5.92 Å². The molecule has 1 fully saturated rings. The quantitative estimate of drug-likeness (QED) is 0.842. The Morgan fingerprint density at radius 1 is 1.12 bits per heavy atom. The van der Waals surface area contributed by atoms with Gasteiger partial charge in [-0.1, -0.05) is 12.1 Å². The Hall–Kier alpha value is -3.10. The van der Waals surface area contributed by atoms with Crippen molar-refractivity contribution in [1.29, 1.82) is 0 Å². The SMILES string of the molecule is O=C(O)c1cc(-c2ccc(OC(F)(F)F)cc2)cc(NC(=O)C2CC2)n1. The number of carbonyl (C=O) groups excluding carboxylic acids is 1. The third-order valence-corrected chi connectivity index (χ3v) is 3.67. The van der Waals surface area contributed by atoms with Crippen LogP contribution in [0.1, 0.15) is 23.3 Å². The first-order valence-corrected chi connectivity index (χ1v) is 7.64. The van der Waals surface area contributed by atoms with E-state index in [0.717, 1.165) is 25.0 Å². The predicted molar refractivity (Wildman–Crippen MR) is 84.7 cm³/mol. The van der Waals surface area contributed by atoms with Crippen molar-refractivity contribution < 1.29 is 32.6 Å². The number of carboxylic acids is 1. The number of nitrogens with zero attached hydrogens (tertiary/aromatic N) is 1. The van der Waals surface area contributed by atoms with E-state index in [1.165, 1.54) is 24.3 Å². The molecule has 1 aromatic heterocycles. The number of rotatable bonds is 5. The summed E-state index contributed by atoms with van der Waals surface area (Å²) in [7, 11) is 0. The number of pyridine rings is 1. The normalized spacial score (nSPS) is 14.0. The molecule has 1 aliphatic carbocycles. The summed E-state index contributed by atoms with van der Waals surface area (Å²) in [5.74, 6) is -1.93. The monoisotopic (exact) mass is 366 g/mol. The van der Waals surface area contributed by atoms with Crippen molar-refractivity contribution in [3.05, 3.63) is 42.1 Å². The van der Waals surface area contributed by atoms with E-state index in [0.29, 0.717) is 11.1 Å². The Kier molecular flexibility index (Phi) is 4.54. The minimum Gasteiger partial charge on any atom is -0.477 e. The van der Waals surface area contributed by atoms with Gasteiger partial charge < -0.3 is 15.2 Å². The van der Waals surface area contributed by atoms with E-state index in [1.54, 1.807) is 0 Å². The highest BCUT2D eigenvalue weighted by Gasteiger charge is 2.31. The molecule has 1 heterocycles.